The van der Waals surface area contributed by atoms with Crippen molar-refractivity contribution < 1.29 is 8.42 Å². The minimum Gasteiger partial charge on any atom is -0.229 e. The molecular weight excluding hydrogens is 196 g/mol. The van der Waals surface area contributed by atoms with E-state index < -0.39 is 9.84 Å². The second-order valence-electron chi connectivity index (χ2n) is 2.63. The van der Waals surface area contributed by atoms with Gasteiger partial charge in [0, 0.05) is 11.3 Å². The summed E-state index contributed by atoms with van der Waals surface area (Å²) in [5, 5.41) is 0.510. The quantitative estimate of drug-likeness (QED) is 0.733. The minimum absolute atomic E-state index is 0.0179. The monoisotopic (exact) mass is 203 g/mol. The van der Waals surface area contributed by atoms with Crippen LogP contribution in [0.2, 0.25) is 5.02 Å². The van der Waals surface area contributed by atoms with Crippen LogP contribution < -0.4 is 0 Å². The molecule has 0 N–H and O–H groups in total. The molecule has 0 aliphatic rings. The summed E-state index contributed by atoms with van der Waals surface area (Å²) in [4.78, 5) is 0. The first-order valence-electron chi connectivity index (χ1n) is 3.30. The molecular formula is C8H8ClO2S. The molecule has 0 heterocycles. The van der Waals surface area contributed by atoms with Crippen molar-refractivity contribution in [2.45, 2.75) is 5.75 Å². The predicted octanol–water partition coefficient (Wildman–Crippen LogP) is 1.68. The lowest BCUT2D eigenvalue weighted by Gasteiger charge is -1.98. The average Bonchev–Trinajstić information content (AvgIpc) is 1.82. The highest BCUT2D eigenvalue weighted by Gasteiger charge is 2.03. The van der Waals surface area contributed by atoms with E-state index in [0.29, 0.717) is 10.6 Å². The Labute approximate surface area is 77.1 Å². The summed E-state index contributed by atoms with van der Waals surface area (Å²) in [6, 6.07) is 7.59. The van der Waals surface area contributed by atoms with Crippen LogP contribution in [0.1, 0.15) is 5.56 Å². The van der Waals surface area contributed by atoms with Crippen LogP contribution in [0.15, 0.2) is 18.2 Å². The molecule has 0 atom stereocenters. The Bertz CT molecular complexity index is 370. The van der Waals surface area contributed by atoms with Gasteiger partial charge in [0.25, 0.3) is 0 Å². The molecule has 0 saturated carbocycles. The molecule has 0 aliphatic heterocycles. The molecule has 0 aromatic heterocycles. The number of rotatable bonds is 2. The lowest BCUT2D eigenvalue weighted by Crippen LogP contribution is -2.00. The molecule has 1 radical (unpaired) electrons. The van der Waals surface area contributed by atoms with E-state index in [0.717, 1.165) is 0 Å². The summed E-state index contributed by atoms with van der Waals surface area (Å²) < 4.78 is 21.7. The summed E-state index contributed by atoms with van der Waals surface area (Å²) in [7, 11) is -2.97. The van der Waals surface area contributed by atoms with Crippen LogP contribution in [0.3, 0.4) is 0 Å². The maximum atomic E-state index is 10.9. The standard InChI is InChI=1S/C8H8ClO2S/c1-12(10,11)6-7-3-2-4-8(9)5-7/h3-5H,6H2,1H3. The van der Waals surface area contributed by atoms with Crippen LogP contribution in [0.5, 0.6) is 0 Å². The Morgan fingerprint density at radius 1 is 1.50 bits per heavy atom. The fourth-order valence-electron chi connectivity index (χ4n) is 0.875. The lowest BCUT2D eigenvalue weighted by molar-refractivity contribution is 0.601. The van der Waals surface area contributed by atoms with E-state index in [1.165, 1.54) is 6.26 Å². The summed E-state index contributed by atoms with van der Waals surface area (Å²) in [6.07, 6.45) is 1.19. The molecule has 0 bridgehead atoms. The topological polar surface area (TPSA) is 34.1 Å². The van der Waals surface area contributed by atoms with Gasteiger partial charge in [-0.15, -0.1) is 0 Å². The summed E-state index contributed by atoms with van der Waals surface area (Å²) in [6.45, 7) is 0. The summed E-state index contributed by atoms with van der Waals surface area (Å²) in [5.41, 5.74) is 0.671. The Kier molecular flexibility index (Phi) is 2.75. The summed E-state index contributed by atoms with van der Waals surface area (Å²) in [5.74, 6) is 0.0179. The van der Waals surface area contributed by atoms with E-state index in [4.69, 9.17) is 11.6 Å². The third kappa shape index (κ3) is 3.24. The number of sulfone groups is 1. The van der Waals surface area contributed by atoms with Gasteiger partial charge >= 0.3 is 0 Å². The Balaban J connectivity index is 2.91. The van der Waals surface area contributed by atoms with Gasteiger partial charge < -0.3 is 0 Å². The molecule has 0 spiro atoms. The normalized spacial score (nSPS) is 11.5. The van der Waals surface area contributed by atoms with Crippen molar-refractivity contribution in [2.24, 2.45) is 0 Å². The largest absolute Gasteiger partial charge is 0.229 e. The fraction of sp³-hybridized carbons (Fsp3) is 0.250. The van der Waals surface area contributed by atoms with Gasteiger partial charge in [-0.1, -0.05) is 17.7 Å². The van der Waals surface area contributed by atoms with Gasteiger partial charge in [0.15, 0.2) is 9.84 Å². The number of benzene rings is 1. The zero-order valence-corrected chi connectivity index (χ0v) is 8.11. The first-order chi connectivity index (χ1) is 5.47. The van der Waals surface area contributed by atoms with Crippen molar-refractivity contribution in [3.8, 4) is 0 Å². The number of hydrogen-bond donors (Lipinski definition) is 0. The van der Waals surface area contributed by atoms with Gasteiger partial charge in [-0.05, 0) is 23.8 Å². The van der Waals surface area contributed by atoms with Gasteiger partial charge in [0.2, 0.25) is 0 Å². The summed E-state index contributed by atoms with van der Waals surface area (Å²) >= 11 is 5.65. The van der Waals surface area contributed by atoms with Crippen molar-refractivity contribution in [3.63, 3.8) is 0 Å². The van der Waals surface area contributed by atoms with E-state index in [1.807, 2.05) is 0 Å². The third-order valence-electron chi connectivity index (χ3n) is 1.24. The van der Waals surface area contributed by atoms with Crippen molar-refractivity contribution in [1.82, 2.24) is 0 Å². The second-order valence-corrected chi connectivity index (χ2v) is 5.21. The van der Waals surface area contributed by atoms with Gasteiger partial charge in [0.1, 0.15) is 0 Å². The van der Waals surface area contributed by atoms with Crippen LogP contribution in [-0.4, -0.2) is 14.7 Å². The highest BCUT2D eigenvalue weighted by atomic mass is 35.5. The SMILES string of the molecule is CS(=O)(=O)Cc1c[c]cc(Cl)c1. The Morgan fingerprint density at radius 2 is 2.17 bits per heavy atom. The van der Waals surface area contributed by atoms with Crippen LogP contribution in [0.4, 0.5) is 0 Å². The van der Waals surface area contributed by atoms with Gasteiger partial charge in [0.05, 0.1) is 5.75 Å². The molecule has 0 fully saturated rings. The van der Waals surface area contributed by atoms with Crippen molar-refractivity contribution in [1.29, 1.82) is 0 Å². The minimum atomic E-state index is -2.97. The van der Waals surface area contributed by atoms with Gasteiger partial charge in [-0.3, -0.25) is 0 Å². The molecule has 4 heteroatoms. The van der Waals surface area contributed by atoms with Gasteiger partial charge in [-0.25, -0.2) is 8.42 Å². The second kappa shape index (κ2) is 3.46. The molecule has 0 amide bonds. The molecule has 1 aromatic rings. The Hall–Kier alpha value is -0.540. The van der Waals surface area contributed by atoms with Crippen molar-refractivity contribution >= 4 is 21.4 Å². The molecule has 65 valence electrons. The van der Waals surface area contributed by atoms with E-state index in [1.54, 1.807) is 18.2 Å². The zero-order chi connectivity index (χ0) is 9.19. The maximum Gasteiger partial charge on any atom is 0.151 e. The third-order valence-corrected chi connectivity index (χ3v) is 2.32. The molecule has 2 nitrogen and oxygen atoms in total. The molecule has 1 rings (SSSR count). The fourth-order valence-corrected chi connectivity index (χ4v) is 1.85. The molecule has 0 unspecified atom stereocenters. The van der Waals surface area contributed by atoms with Crippen LogP contribution >= 0.6 is 11.6 Å². The first-order valence-corrected chi connectivity index (χ1v) is 5.74. The van der Waals surface area contributed by atoms with Crippen LogP contribution in [-0.2, 0) is 15.6 Å². The highest BCUT2D eigenvalue weighted by molar-refractivity contribution is 7.89. The first kappa shape index (κ1) is 9.55. The van der Waals surface area contributed by atoms with E-state index in [2.05, 4.69) is 6.07 Å². The number of halogens is 1. The van der Waals surface area contributed by atoms with E-state index in [-0.39, 0.29) is 5.75 Å². The number of hydrogen-bond acceptors (Lipinski definition) is 2. The molecule has 12 heavy (non-hydrogen) atoms. The Morgan fingerprint density at radius 3 is 2.67 bits per heavy atom. The van der Waals surface area contributed by atoms with Crippen LogP contribution in [0.25, 0.3) is 0 Å². The molecule has 0 saturated heterocycles. The van der Waals surface area contributed by atoms with E-state index >= 15 is 0 Å². The van der Waals surface area contributed by atoms with E-state index in [9.17, 15) is 8.42 Å². The highest BCUT2D eigenvalue weighted by Crippen LogP contribution is 2.12. The predicted molar refractivity (Wildman–Crippen MR) is 48.8 cm³/mol. The smallest absolute Gasteiger partial charge is 0.151 e. The van der Waals surface area contributed by atoms with Crippen molar-refractivity contribution in [2.75, 3.05) is 6.26 Å². The molecule has 1 aromatic carbocycles. The van der Waals surface area contributed by atoms with Gasteiger partial charge in [-0.2, -0.15) is 0 Å². The lowest BCUT2D eigenvalue weighted by atomic mass is 10.2. The van der Waals surface area contributed by atoms with Crippen molar-refractivity contribution in [3.05, 3.63) is 34.9 Å². The van der Waals surface area contributed by atoms with Crippen LogP contribution in [0, 0.1) is 6.07 Å². The molecule has 0 aliphatic carbocycles. The zero-order valence-electron chi connectivity index (χ0n) is 6.54. The average molecular weight is 204 g/mol. The maximum absolute atomic E-state index is 10.9.